The number of nitrogens with zero attached hydrogens (tertiary/aromatic N) is 6. The maximum absolute atomic E-state index is 14.3. The Kier molecular flexibility index (Phi) is 5.61. The van der Waals surface area contributed by atoms with Crippen LogP contribution in [0.3, 0.4) is 0 Å². The van der Waals surface area contributed by atoms with Crippen LogP contribution < -0.4 is 11.0 Å². The second-order valence-corrected chi connectivity index (χ2v) is 8.81. The van der Waals surface area contributed by atoms with E-state index in [0.717, 1.165) is 46.5 Å². The highest BCUT2D eigenvalue weighted by molar-refractivity contribution is 5.85. The molecular formula is C25H25ClFN7O. The van der Waals surface area contributed by atoms with Crippen LogP contribution in [-0.2, 0) is 20.0 Å². The molecule has 3 aromatic heterocycles. The van der Waals surface area contributed by atoms with Crippen molar-refractivity contribution in [2.45, 2.75) is 26.8 Å². The zero-order chi connectivity index (χ0) is 23.6. The van der Waals surface area contributed by atoms with Gasteiger partial charge in [0, 0.05) is 49.9 Å². The fourth-order valence-electron chi connectivity index (χ4n) is 4.80. The van der Waals surface area contributed by atoms with Crippen molar-refractivity contribution in [1.82, 2.24) is 34.0 Å². The maximum atomic E-state index is 14.3. The minimum Gasteiger partial charge on any atom is -0.312 e. The van der Waals surface area contributed by atoms with Gasteiger partial charge in [-0.3, -0.25) is 13.8 Å². The molecule has 8 nitrogen and oxygen atoms in total. The lowest BCUT2D eigenvalue weighted by Gasteiger charge is -2.14. The Balaban J connectivity index is 0.00000253. The molecule has 0 atom stereocenters. The molecule has 5 aromatic rings. The van der Waals surface area contributed by atoms with Gasteiger partial charge in [-0.15, -0.1) is 12.4 Å². The predicted molar refractivity (Wildman–Crippen MR) is 135 cm³/mol. The lowest BCUT2D eigenvalue weighted by molar-refractivity contribution is 0.608. The average molecular weight is 494 g/mol. The van der Waals surface area contributed by atoms with Crippen LogP contribution in [0.1, 0.15) is 22.4 Å². The number of fused-ring (bicyclic) bond motifs is 2. The summed E-state index contributed by atoms with van der Waals surface area (Å²) in [5.41, 5.74) is 5.31. The number of imidazole rings is 1. The number of aromatic nitrogens is 6. The van der Waals surface area contributed by atoms with Crippen molar-refractivity contribution in [3.63, 3.8) is 0 Å². The average Bonchev–Trinajstić information content (AvgIpc) is 3.51. The van der Waals surface area contributed by atoms with E-state index in [9.17, 15) is 9.18 Å². The fraction of sp³-hybridized carbons (Fsp3) is 0.240. The first-order valence-corrected chi connectivity index (χ1v) is 11.2. The Morgan fingerprint density at radius 3 is 2.54 bits per heavy atom. The second kappa shape index (κ2) is 8.51. The van der Waals surface area contributed by atoms with Gasteiger partial charge in [0.05, 0.1) is 28.8 Å². The van der Waals surface area contributed by atoms with Crippen LogP contribution in [0.15, 0.2) is 53.7 Å². The summed E-state index contributed by atoms with van der Waals surface area (Å²) in [5.74, 6) is 0.455. The smallest absolute Gasteiger partial charge is 0.312 e. The Bertz CT molecular complexity index is 1620. The Morgan fingerprint density at radius 1 is 1.03 bits per heavy atom. The molecule has 4 heterocycles. The van der Waals surface area contributed by atoms with Crippen LogP contribution in [0.5, 0.6) is 0 Å². The van der Waals surface area contributed by atoms with Crippen molar-refractivity contribution in [3.8, 4) is 17.2 Å². The third-order valence-electron chi connectivity index (χ3n) is 6.56. The van der Waals surface area contributed by atoms with Crippen LogP contribution in [0.25, 0.3) is 28.1 Å². The first kappa shape index (κ1) is 23.1. The molecule has 2 aromatic carbocycles. The van der Waals surface area contributed by atoms with Gasteiger partial charge >= 0.3 is 5.69 Å². The summed E-state index contributed by atoms with van der Waals surface area (Å²) in [5, 5.41) is 13.5. The summed E-state index contributed by atoms with van der Waals surface area (Å²) in [6.07, 6.45) is 6.08. The van der Waals surface area contributed by atoms with Crippen molar-refractivity contribution in [2.75, 3.05) is 6.54 Å². The van der Waals surface area contributed by atoms with Gasteiger partial charge in [0.25, 0.3) is 0 Å². The molecule has 0 fully saturated rings. The third-order valence-corrected chi connectivity index (χ3v) is 6.56. The van der Waals surface area contributed by atoms with Gasteiger partial charge in [-0.1, -0.05) is 0 Å². The minimum absolute atomic E-state index is 0. The standard InChI is InChI=1S/C25H24FN7O.ClH/c1-15-10-19(11-16(2)23(15)26)33-24(20-14-27-7-6-21(20)29-33)32-9-8-31(25(32)34)18-4-5-22-17(12-18)13-28-30(22)3;/h4-5,8-13,27H,6-7,14H2,1-3H3;1H. The molecule has 1 aliphatic heterocycles. The summed E-state index contributed by atoms with van der Waals surface area (Å²) in [6.45, 7) is 4.93. The Labute approximate surface area is 207 Å². The van der Waals surface area contributed by atoms with Crippen molar-refractivity contribution < 1.29 is 4.39 Å². The topological polar surface area (TPSA) is 74.6 Å². The second-order valence-electron chi connectivity index (χ2n) is 8.81. The number of nitrogens with one attached hydrogen (secondary N) is 1. The van der Waals surface area contributed by atoms with Crippen LogP contribution >= 0.6 is 12.4 Å². The van der Waals surface area contributed by atoms with Gasteiger partial charge in [0.15, 0.2) is 0 Å². The molecule has 0 radical (unpaired) electrons. The minimum atomic E-state index is -0.224. The van der Waals surface area contributed by atoms with Gasteiger partial charge in [-0.25, -0.2) is 13.9 Å². The lowest BCUT2D eigenvalue weighted by atomic mass is 10.1. The van der Waals surface area contributed by atoms with Crippen LogP contribution in [0.4, 0.5) is 4.39 Å². The van der Waals surface area contributed by atoms with Crippen LogP contribution in [0.2, 0.25) is 0 Å². The van der Waals surface area contributed by atoms with E-state index in [1.165, 1.54) is 0 Å². The summed E-state index contributed by atoms with van der Waals surface area (Å²) in [7, 11) is 1.89. The molecule has 0 saturated carbocycles. The molecule has 35 heavy (non-hydrogen) atoms. The molecule has 180 valence electrons. The number of hydrogen-bond donors (Lipinski definition) is 1. The number of halogens is 2. The van der Waals surface area contributed by atoms with Crippen molar-refractivity contribution in [1.29, 1.82) is 0 Å². The van der Waals surface area contributed by atoms with Gasteiger partial charge < -0.3 is 5.32 Å². The molecule has 0 bridgehead atoms. The molecule has 0 saturated heterocycles. The highest BCUT2D eigenvalue weighted by Gasteiger charge is 2.25. The molecule has 1 N–H and O–H groups in total. The van der Waals surface area contributed by atoms with E-state index in [2.05, 4.69) is 10.4 Å². The monoisotopic (exact) mass is 493 g/mol. The van der Waals surface area contributed by atoms with Gasteiger partial charge in [-0.05, 0) is 55.3 Å². The molecule has 6 rings (SSSR count). The van der Waals surface area contributed by atoms with Crippen molar-refractivity contribution in [2.24, 2.45) is 7.05 Å². The molecular weight excluding hydrogens is 469 g/mol. The fourth-order valence-corrected chi connectivity index (χ4v) is 4.80. The maximum Gasteiger partial charge on any atom is 0.338 e. The van der Waals surface area contributed by atoms with Gasteiger partial charge in [0.1, 0.15) is 11.6 Å². The SMILES string of the molecule is Cc1cc(-n2nc3c(c2-n2ccn(-c4ccc5c(cnn5C)c4)c2=O)CNCC3)cc(C)c1F.Cl. The summed E-state index contributed by atoms with van der Waals surface area (Å²) < 4.78 is 21.2. The van der Waals surface area contributed by atoms with Gasteiger partial charge in [0.2, 0.25) is 0 Å². The molecule has 0 spiro atoms. The largest absolute Gasteiger partial charge is 0.338 e. The first-order chi connectivity index (χ1) is 16.4. The van der Waals surface area contributed by atoms with E-state index in [-0.39, 0.29) is 23.9 Å². The van der Waals surface area contributed by atoms with E-state index >= 15 is 0 Å². The lowest BCUT2D eigenvalue weighted by Crippen LogP contribution is -2.27. The highest BCUT2D eigenvalue weighted by atomic mass is 35.5. The van der Waals surface area contributed by atoms with E-state index < -0.39 is 0 Å². The normalized spacial score (nSPS) is 13.1. The molecule has 0 amide bonds. The number of hydrogen-bond acceptors (Lipinski definition) is 4. The van der Waals surface area contributed by atoms with Crippen LogP contribution in [0, 0.1) is 19.7 Å². The zero-order valence-electron chi connectivity index (χ0n) is 19.6. The van der Waals surface area contributed by atoms with Gasteiger partial charge in [-0.2, -0.15) is 10.2 Å². The summed E-state index contributed by atoms with van der Waals surface area (Å²) >= 11 is 0. The Morgan fingerprint density at radius 2 is 1.77 bits per heavy atom. The molecule has 0 unspecified atom stereocenters. The third kappa shape index (κ3) is 3.59. The number of benzene rings is 2. The number of rotatable bonds is 3. The van der Waals surface area contributed by atoms with E-state index in [0.29, 0.717) is 23.5 Å². The first-order valence-electron chi connectivity index (χ1n) is 11.2. The van der Waals surface area contributed by atoms with Crippen molar-refractivity contribution >= 4 is 23.3 Å². The summed E-state index contributed by atoms with van der Waals surface area (Å²) in [4.78, 5) is 13.6. The predicted octanol–water partition coefficient (Wildman–Crippen LogP) is 3.52. The van der Waals surface area contributed by atoms with E-state index in [4.69, 9.17) is 5.10 Å². The van der Waals surface area contributed by atoms with E-state index in [1.807, 2.05) is 25.2 Å². The van der Waals surface area contributed by atoms with Crippen molar-refractivity contribution in [3.05, 3.63) is 87.6 Å². The molecule has 1 aliphatic rings. The molecule has 0 aliphatic carbocycles. The number of aryl methyl sites for hydroxylation is 3. The van der Waals surface area contributed by atoms with Crippen LogP contribution in [-0.4, -0.2) is 35.2 Å². The Hall–Kier alpha value is -3.69. The van der Waals surface area contributed by atoms with E-state index in [1.54, 1.807) is 63.1 Å². The quantitative estimate of drug-likeness (QED) is 0.417. The zero-order valence-corrected chi connectivity index (χ0v) is 20.4. The highest BCUT2D eigenvalue weighted by Crippen LogP contribution is 2.27. The molecule has 10 heteroatoms. The summed E-state index contributed by atoms with van der Waals surface area (Å²) in [6, 6.07) is 9.37.